The number of esters is 2. The molecule has 60 heavy (non-hydrogen) atoms. The van der Waals surface area contributed by atoms with E-state index in [1.165, 1.54) is 51.4 Å². The summed E-state index contributed by atoms with van der Waals surface area (Å²) in [7, 11) is 0. The van der Waals surface area contributed by atoms with E-state index in [0.717, 1.165) is 96.3 Å². The molecule has 0 aliphatic carbocycles. The molecule has 1 atom stereocenters. The third-order valence-corrected chi connectivity index (χ3v) is 9.48. The molecular formula is C55H88O5. The Balaban J connectivity index is 4.45. The van der Waals surface area contributed by atoms with Crippen LogP contribution in [0.5, 0.6) is 0 Å². The van der Waals surface area contributed by atoms with E-state index in [0.29, 0.717) is 25.9 Å². The number of carbonyl (C=O) groups is 2. The first kappa shape index (κ1) is 56.3. The summed E-state index contributed by atoms with van der Waals surface area (Å²) < 4.78 is 17.2. The number of unbranched alkanes of at least 4 members (excludes halogenated alkanes) is 11. The number of ether oxygens (including phenoxy) is 3. The van der Waals surface area contributed by atoms with Crippen LogP contribution in [0.2, 0.25) is 0 Å². The van der Waals surface area contributed by atoms with Crippen molar-refractivity contribution in [2.45, 2.75) is 194 Å². The molecule has 0 rings (SSSR count). The number of hydrogen-bond donors (Lipinski definition) is 0. The molecule has 0 radical (unpaired) electrons. The fourth-order valence-electron chi connectivity index (χ4n) is 5.94. The lowest BCUT2D eigenvalue weighted by Gasteiger charge is -2.18. The van der Waals surface area contributed by atoms with E-state index in [9.17, 15) is 9.59 Å². The molecule has 338 valence electrons. The lowest BCUT2D eigenvalue weighted by Crippen LogP contribution is -2.30. The zero-order chi connectivity index (χ0) is 43.5. The first-order valence-corrected chi connectivity index (χ1v) is 24.1. The average molecular weight is 829 g/mol. The van der Waals surface area contributed by atoms with Gasteiger partial charge in [0.05, 0.1) is 6.61 Å². The summed E-state index contributed by atoms with van der Waals surface area (Å²) in [5.41, 5.74) is 0. The highest BCUT2D eigenvalue weighted by atomic mass is 16.6. The summed E-state index contributed by atoms with van der Waals surface area (Å²) in [5.74, 6) is -0.542. The van der Waals surface area contributed by atoms with Gasteiger partial charge in [-0.3, -0.25) is 9.59 Å². The minimum absolute atomic E-state index is 0.0232. The summed E-state index contributed by atoms with van der Waals surface area (Å²) in [6.45, 7) is 7.41. The van der Waals surface area contributed by atoms with Crippen molar-refractivity contribution in [1.29, 1.82) is 0 Å². The van der Waals surface area contributed by atoms with Crippen LogP contribution in [-0.2, 0) is 23.8 Å². The van der Waals surface area contributed by atoms with Crippen molar-refractivity contribution >= 4 is 11.9 Å². The first-order valence-electron chi connectivity index (χ1n) is 24.1. The van der Waals surface area contributed by atoms with E-state index in [4.69, 9.17) is 14.2 Å². The minimum Gasteiger partial charge on any atom is -0.462 e. The maximum Gasteiger partial charge on any atom is 0.306 e. The van der Waals surface area contributed by atoms with Crippen molar-refractivity contribution in [3.05, 3.63) is 122 Å². The van der Waals surface area contributed by atoms with Crippen molar-refractivity contribution in [2.24, 2.45) is 0 Å². The summed E-state index contributed by atoms with van der Waals surface area (Å²) >= 11 is 0. The normalized spacial score (nSPS) is 13.3. The number of rotatable bonds is 42. The molecule has 0 aromatic heterocycles. The topological polar surface area (TPSA) is 61.8 Å². The standard InChI is InChI=1S/C55H88O5/c1-4-7-10-13-16-19-22-25-26-27-28-29-30-32-33-36-39-42-45-48-54(56)59-52-53(51-58-50-47-44-41-38-35-24-21-18-15-12-9-6-3)60-55(57)49-46-43-40-37-34-31-23-20-17-14-11-8-5-2/h7-8,10-11,15-20,25-26,28-29,31-34,39,42,53H,4-6,9,12-14,21-24,27,30,35-38,40-41,43-52H2,1-3H3/b10-7-,11-8-,18-15-,19-16-,20-17-,26-25-,29-28-,33-32-,34-31-,42-39-. The zero-order valence-corrected chi connectivity index (χ0v) is 38.7. The largest absolute Gasteiger partial charge is 0.462 e. The van der Waals surface area contributed by atoms with Crippen molar-refractivity contribution in [2.75, 3.05) is 19.8 Å². The zero-order valence-electron chi connectivity index (χ0n) is 38.7. The van der Waals surface area contributed by atoms with Crippen LogP contribution < -0.4 is 0 Å². The van der Waals surface area contributed by atoms with Gasteiger partial charge in [-0.1, -0.05) is 187 Å². The van der Waals surface area contributed by atoms with Crippen molar-refractivity contribution in [3.8, 4) is 0 Å². The van der Waals surface area contributed by atoms with Crippen molar-refractivity contribution in [1.82, 2.24) is 0 Å². The molecule has 0 aliphatic rings. The Kier molecular flexibility index (Phi) is 46.6. The Morgan fingerprint density at radius 1 is 0.383 bits per heavy atom. The van der Waals surface area contributed by atoms with Gasteiger partial charge in [0.1, 0.15) is 6.61 Å². The van der Waals surface area contributed by atoms with E-state index in [1.54, 1.807) is 0 Å². The minimum atomic E-state index is -0.592. The summed E-state index contributed by atoms with van der Waals surface area (Å²) in [4.78, 5) is 25.3. The number of carbonyl (C=O) groups excluding carboxylic acids is 2. The third kappa shape index (κ3) is 47.0. The van der Waals surface area contributed by atoms with E-state index in [1.807, 2.05) is 6.08 Å². The molecule has 0 amide bonds. The molecule has 1 unspecified atom stereocenters. The van der Waals surface area contributed by atoms with Crippen LogP contribution in [0, 0.1) is 0 Å². The van der Waals surface area contributed by atoms with E-state index < -0.39 is 6.10 Å². The molecule has 0 saturated carbocycles. The van der Waals surface area contributed by atoms with Gasteiger partial charge in [-0.2, -0.15) is 0 Å². The Morgan fingerprint density at radius 2 is 0.783 bits per heavy atom. The fraction of sp³-hybridized carbons (Fsp3) is 0.600. The van der Waals surface area contributed by atoms with E-state index >= 15 is 0 Å². The van der Waals surface area contributed by atoms with Gasteiger partial charge >= 0.3 is 11.9 Å². The van der Waals surface area contributed by atoms with Crippen molar-refractivity contribution < 1.29 is 23.8 Å². The molecular weight excluding hydrogens is 741 g/mol. The Labute approximate surface area is 369 Å². The Bertz CT molecular complexity index is 1260. The quantitative estimate of drug-likeness (QED) is 0.0348. The fourth-order valence-corrected chi connectivity index (χ4v) is 5.94. The maximum atomic E-state index is 12.7. The summed E-state index contributed by atoms with van der Waals surface area (Å²) in [6, 6.07) is 0. The molecule has 5 nitrogen and oxygen atoms in total. The molecule has 0 spiro atoms. The summed E-state index contributed by atoms with van der Waals surface area (Å²) in [5, 5.41) is 0. The number of hydrogen-bond acceptors (Lipinski definition) is 5. The highest BCUT2D eigenvalue weighted by Gasteiger charge is 2.17. The lowest BCUT2D eigenvalue weighted by molar-refractivity contribution is -0.162. The molecule has 0 saturated heterocycles. The molecule has 0 fully saturated rings. The first-order chi connectivity index (χ1) is 29.6. The smallest absolute Gasteiger partial charge is 0.306 e. The monoisotopic (exact) mass is 829 g/mol. The molecule has 0 bridgehead atoms. The average Bonchev–Trinajstić information content (AvgIpc) is 3.25. The predicted molar refractivity (Wildman–Crippen MR) is 260 cm³/mol. The molecule has 5 heteroatoms. The highest BCUT2D eigenvalue weighted by molar-refractivity contribution is 5.70. The van der Waals surface area contributed by atoms with Gasteiger partial charge in [0, 0.05) is 19.4 Å². The Morgan fingerprint density at radius 3 is 1.28 bits per heavy atom. The molecule has 0 aromatic carbocycles. The van der Waals surface area contributed by atoms with Crippen molar-refractivity contribution in [3.63, 3.8) is 0 Å². The van der Waals surface area contributed by atoms with Gasteiger partial charge in [-0.05, 0) is 109 Å². The van der Waals surface area contributed by atoms with Crippen LogP contribution in [0.25, 0.3) is 0 Å². The van der Waals surface area contributed by atoms with Crippen LogP contribution in [0.15, 0.2) is 122 Å². The Hall–Kier alpha value is -3.70. The second-order valence-corrected chi connectivity index (χ2v) is 15.2. The highest BCUT2D eigenvalue weighted by Crippen LogP contribution is 2.11. The SMILES string of the molecule is CC/C=C\C/C=C\C/C=C\C/C=C\C/C=C\C/C=C\CCC(=O)OCC(COCCCCCCCC/C=C\CCCC)OC(=O)CCCCC/C=C\C/C=C\C/C=C\CC. The van der Waals surface area contributed by atoms with Crippen LogP contribution in [-0.4, -0.2) is 37.9 Å². The molecule has 0 heterocycles. The second-order valence-electron chi connectivity index (χ2n) is 15.2. The van der Waals surface area contributed by atoms with Gasteiger partial charge in [0.25, 0.3) is 0 Å². The van der Waals surface area contributed by atoms with Crippen LogP contribution in [0.1, 0.15) is 188 Å². The second kappa shape index (κ2) is 49.7. The number of allylic oxidation sites excluding steroid dienone is 20. The summed E-state index contributed by atoms with van der Waals surface area (Å²) in [6.07, 6.45) is 69.3. The third-order valence-electron chi connectivity index (χ3n) is 9.48. The predicted octanol–water partition coefficient (Wildman–Crippen LogP) is 16.2. The molecule has 0 N–H and O–H groups in total. The van der Waals surface area contributed by atoms with Gasteiger partial charge in [0.2, 0.25) is 0 Å². The van der Waals surface area contributed by atoms with Gasteiger partial charge in [0.15, 0.2) is 6.10 Å². The molecule has 0 aromatic rings. The van der Waals surface area contributed by atoms with Crippen LogP contribution >= 0.6 is 0 Å². The molecule has 0 aliphatic heterocycles. The maximum absolute atomic E-state index is 12.7. The van der Waals surface area contributed by atoms with Crippen LogP contribution in [0.4, 0.5) is 0 Å². The van der Waals surface area contributed by atoms with Gasteiger partial charge in [-0.15, -0.1) is 0 Å². The van der Waals surface area contributed by atoms with Crippen LogP contribution in [0.3, 0.4) is 0 Å². The van der Waals surface area contributed by atoms with E-state index in [2.05, 4.69) is 136 Å². The van der Waals surface area contributed by atoms with Gasteiger partial charge < -0.3 is 14.2 Å². The van der Waals surface area contributed by atoms with Gasteiger partial charge in [-0.25, -0.2) is 0 Å². The lowest BCUT2D eigenvalue weighted by atomic mass is 10.1. The van der Waals surface area contributed by atoms with E-state index in [-0.39, 0.29) is 25.2 Å².